The second-order valence-corrected chi connectivity index (χ2v) is 6.67. The Kier molecular flexibility index (Phi) is 5.21. The Morgan fingerprint density at radius 3 is 2.07 bits per heavy atom. The van der Waals surface area contributed by atoms with Gasteiger partial charge < -0.3 is 4.90 Å². The van der Waals surface area contributed by atoms with Gasteiger partial charge in [-0.2, -0.15) is 0 Å². The maximum absolute atomic E-state index is 12.7. The van der Waals surface area contributed by atoms with Gasteiger partial charge in [-0.15, -0.1) is 0 Å². The Hall–Kier alpha value is -3.05. The van der Waals surface area contributed by atoms with E-state index in [1.165, 1.54) is 11.1 Å². The molecule has 3 aromatic rings. The zero-order valence-electron chi connectivity index (χ0n) is 15.1. The summed E-state index contributed by atoms with van der Waals surface area (Å²) in [4.78, 5) is 25.4. The van der Waals surface area contributed by atoms with Crippen LogP contribution in [0.25, 0.3) is 0 Å². The summed E-state index contributed by atoms with van der Waals surface area (Å²) in [6.07, 6.45) is 7.06. The average molecular weight is 358 g/mol. The van der Waals surface area contributed by atoms with Gasteiger partial charge in [-0.3, -0.25) is 19.7 Å². The van der Waals surface area contributed by atoms with E-state index >= 15 is 0 Å². The van der Waals surface area contributed by atoms with E-state index in [1.54, 1.807) is 24.7 Å². The highest BCUT2D eigenvalue weighted by Crippen LogP contribution is 2.29. The summed E-state index contributed by atoms with van der Waals surface area (Å²) < 4.78 is 0. The van der Waals surface area contributed by atoms with Gasteiger partial charge in [0.15, 0.2) is 0 Å². The van der Waals surface area contributed by atoms with Crippen LogP contribution in [0.5, 0.6) is 0 Å². The fourth-order valence-electron chi connectivity index (χ4n) is 3.64. The molecule has 0 radical (unpaired) electrons. The van der Waals surface area contributed by atoms with Gasteiger partial charge in [0.1, 0.15) is 0 Å². The van der Waals surface area contributed by atoms with Gasteiger partial charge in [0.05, 0.1) is 11.6 Å². The van der Waals surface area contributed by atoms with E-state index in [-0.39, 0.29) is 11.9 Å². The molecule has 5 heteroatoms. The smallest absolute Gasteiger partial charge is 0.255 e. The topological polar surface area (TPSA) is 49.3 Å². The van der Waals surface area contributed by atoms with Crippen LogP contribution in [0.3, 0.4) is 0 Å². The highest BCUT2D eigenvalue weighted by molar-refractivity contribution is 5.93. The lowest BCUT2D eigenvalue weighted by atomic mass is 9.97. The van der Waals surface area contributed by atoms with Crippen molar-refractivity contribution in [3.05, 3.63) is 96.1 Å². The highest BCUT2D eigenvalue weighted by atomic mass is 16.2. The number of aromatic nitrogens is 2. The van der Waals surface area contributed by atoms with E-state index in [2.05, 4.69) is 45.2 Å². The molecule has 1 amide bonds. The van der Waals surface area contributed by atoms with Crippen LogP contribution in [0.15, 0.2) is 79.4 Å². The molecular formula is C22H22N4O. The summed E-state index contributed by atoms with van der Waals surface area (Å²) in [5, 5.41) is 0. The third-order valence-corrected chi connectivity index (χ3v) is 4.99. The summed E-state index contributed by atoms with van der Waals surface area (Å²) in [5.74, 6) is 0.0559. The molecule has 1 unspecified atom stereocenters. The van der Waals surface area contributed by atoms with E-state index in [0.717, 1.165) is 13.1 Å². The fourth-order valence-corrected chi connectivity index (χ4v) is 3.64. The number of nitrogens with zero attached hydrogens (tertiary/aromatic N) is 4. The molecule has 0 aliphatic carbocycles. The number of piperazine rings is 1. The van der Waals surface area contributed by atoms with Gasteiger partial charge in [-0.05, 0) is 29.3 Å². The highest BCUT2D eigenvalue weighted by Gasteiger charge is 2.28. The summed E-state index contributed by atoms with van der Waals surface area (Å²) in [6, 6.07) is 18.4. The first-order valence-corrected chi connectivity index (χ1v) is 9.21. The lowest BCUT2D eigenvalue weighted by molar-refractivity contribution is 0.0597. The van der Waals surface area contributed by atoms with Crippen molar-refractivity contribution in [1.29, 1.82) is 0 Å². The largest absolute Gasteiger partial charge is 0.336 e. The van der Waals surface area contributed by atoms with E-state index in [9.17, 15) is 4.79 Å². The number of amides is 1. The van der Waals surface area contributed by atoms with Crippen LogP contribution in [0.1, 0.15) is 27.5 Å². The quantitative estimate of drug-likeness (QED) is 0.719. The van der Waals surface area contributed by atoms with Crippen LogP contribution in [0.2, 0.25) is 0 Å². The van der Waals surface area contributed by atoms with E-state index in [0.29, 0.717) is 18.7 Å². The molecule has 1 saturated heterocycles. The first kappa shape index (κ1) is 17.4. The van der Waals surface area contributed by atoms with Crippen LogP contribution in [0, 0.1) is 0 Å². The number of carbonyl (C=O) groups excluding carboxylic acids is 1. The second kappa shape index (κ2) is 8.10. The van der Waals surface area contributed by atoms with Crippen LogP contribution in [0.4, 0.5) is 0 Å². The van der Waals surface area contributed by atoms with Crippen molar-refractivity contribution < 1.29 is 4.79 Å². The molecule has 0 spiro atoms. The third-order valence-electron chi connectivity index (χ3n) is 4.99. The summed E-state index contributed by atoms with van der Waals surface area (Å²) in [7, 11) is 0. The summed E-state index contributed by atoms with van der Waals surface area (Å²) >= 11 is 0. The molecule has 3 heterocycles. The standard InChI is InChI=1S/C22H22N4O/c27-22(20-9-5-11-24-17-20)26-14-12-25(13-15-26)21(18-6-2-1-3-7-18)19-8-4-10-23-16-19/h1-11,16-17,21H,12-15H2. The Labute approximate surface area is 159 Å². The minimum Gasteiger partial charge on any atom is -0.336 e. The molecule has 0 N–H and O–H groups in total. The SMILES string of the molecule is O=C(c1cccnc1)N1CCN(C(c2ccccc2)c2cccnc2)CC1. The molecule has 2 aromatic heterocycles. The molecule has 0 bridgehead atoms. The minimum atomic E-state index is 0.0559. The van der Waals surface area contributed by atoms with Gasteiger partial charge in [0.25, 0.3) is 5.91 Å². The Morgan fingerprint density at radius 2 is 1.44 bits per heavy atom. The summed E-state index contributed by atoms with van der Waals surface area (Å²) in [5.41, 5.74) is 3.08. The number of hydrogen-bond acceptors (Lipinski definition) is 4. The molecule has 1 aromatic carbocycles. The predicted octanol–water partition coefficient (Wildman–Crippen LogP) is 3.02. The number of benzene rings is 1. The third kappa shape index (κ3) is 3.88. The van der Waals surface area contributed by atoms with Gasteiger partial charge in [0, 0.05) is 51.0 Å². The molecule has 4 rings (SSSR count). The molecule has 136 valence electrons. The second-order valence-electron chi connectivity index (χ2n) is 6.67. The molecule has 0 saturated carbocycles. The summed E-state index contributed by atoms with van der Waals surface area (Å²) in [6.45, 7) is 3.05. The van der Waals surface area contributed by atoms with Gasteiger partial charge in [0.2, 0.25) is 0 Å². The van der Waals surface area contributed by atoms with Crippen molar-refractivity contribution in [2.45, 2.75) is 6.04 Å². The van der Waals surface area contributed by atoms with Crippen LogP contribution in [-0.4, -0.2) is 51.9 Å². The molecule has 27 heavy (non-hydrogen) atoms. The van der Waals surface area contributed by atoms with Gasteiger partial charge in [-0.25, -0.2) is 0 Å². The van der Waals surface area contributed by atoms with Crippen LogP contribution >= 0.6 is 0 Å². The van der Waals surface area contributed by atoms with E-state index < -0.39 is 0 Å². The Balaban J connectivity index is 1.51. The Morgan fingerprint density at radius 1 is 0.778 bits per heavy atom. The number of pyridine rings is 2. The maximum Gasteiger partial charge on any atom is 0.255 e. The van der Waals surface area contributed by atoms with Gasteiger partial charge in [-0.1, -0.05) is 36.4 Å². The lowest BCUT2D eigenvalue weighted by Gasteiger charge is -2.39. The molecular weight excluding hydrogens is 336 g/mol. The monoisotopic (exact) mass is 358 g/mol. The lowest BCUT2D eigenvalue weighted by Crippen LogP contribution is -2.49. The van der Waals surface area contributed by atoms with E-state index in [1.807, 2.05) is 29.3 Å². The average Bonchev–Trinajstić information content (AvgIpc) is 2.76. The van der Waals surface area contributed by atoms with Crippen LogP contribution in [-0.2, 0) is 0 Å². The van der Waals surface area contributed by atoms with E-state index in [4.69, 9.17) is 0 Å². The van der Waals surface area contributed by atoms with Gasteiger partial charge >= 0.3 is 0 Å². The zero-order chi connectivity index (χ0) is 18.5. The molecule has 1 atom stereocenters. The molecule has 1 fully saturated rings. The molecule has 1 aliphatic rings. The fraction of sp³-hybridized carbons (Fsp3) is 0.227. The first-order valence-electron chi connectivity index (χ1n) is 9.21. The minimum absolute atomic E-state index is 0.0559. The molecule has 5 nitrogen and oxygen atoms in total. The first-order chi connectivity index (χ1) is 13.3. The number of carbonyl (C=O) groups is 1. The van der Waals surface area contributed by atoms with Crippen LogP contribution < -0.4 is 0 Å². The number of rotatable bonds is 4. The van der Waals surface area contributed by atoms with Crippen molar-refractivity contribution in [3.8, 4) is 0 Å². The predicted molar refractivity (Wildman–Crippen MR) is 104 cm³/mol. The zero-order valence-corrected chi connectivity index (χ0v) is 15.1. The Bertz CT molecular complexity index is 823. The maximum atomic E-state index is 12.7. The van der Waals surface area contributed by atoms with Crippen molar-refractivity contribution >= 4 is 5.91 Å². The van der Waals surface area contributed by atoms with Crippen molar-refractivity contribution in [3.63, 3.8) is 0 Å². The van der Waals surface area contributed by atoms with Crippen molar-refractivity contribution in [2.75, 3.05) is 26.2 Å². The van der Waals surface area contributed by atoms with Crippen molar-refractivity contribution in [2.24, 2.45) is 0 Å². The molecule has 1 aliphatic heterocycles. The van der Waals surface area contributed by atoms with Crippen molar-refractivity contribution in [1.82, 2.24) is 19.8 Å². The number of hydrogen-bond donors (Lipinski definition) is 0. The normalized spacial score (nSPS) is 16.1.